The molecule has 0 aromatic heterocycles. The maximum absolute atomic E-state index is 7.97. The molecule has 0 bridgehead atoms. The van der Waals surface area contributed by atoms with E-state index in [1.807, 2.05) is 24.3 Å². The highest BCUT2D eigenvalue weighted by Crippen LogP contribution is 2.25. The summed E-state index contributed by atoms with van der Waals surface area (Å²) >= 11 is 0.968. The third-order valence-electron chi connectivity index (χ3n) is 1.88. The molecule has 0 amide bonds. The van der Waals surface area contributed by atoms with Gasteiger partial charge in [-0.3, -0.25) is 0 Å². The van der Waals surface area contributed by atoms with E-state index >= 15 is 0 Å². The van der Waals surface area contributed by atoms with E-state index in [1.165, 1.54) is 5.56 Å². The first-order chi connectivity index (χ1) is 6.54. The Hall–Kier alpha value is -0.550. The fourth-order valence-corrected chi connectivity index (χ4v) is 1.42. The molecule has 1 aromatic carbocycles. The lowest BCUT2D eigenvalue weighted by atomic mass is 9.87. The molecule has 1 N–H and O–H groups in total. The number of benzene rings is 1. The fourth-order valence-electron chi connectivity index (χ4n) is 1.06. The van der Waals surface area contributed by atoms with Crippen LogP contribution in [-0.2, 0) is 14.8 Å². The zero-order valence-corrected chi connectivity index (χ0v) is 9.30. The molecule has 0 heterocycles. The topological polar surface area (TPSA) is 38.7 Å². The standard InChI is InChI=1S/C10H14O3S/c1-10(2,3)8-4-6-9(7-5-8)14-13-12-11/h4-7,11H,1-3H3. The lowest BCUT2D eigenvalue weighted by Crippen LogP contribution is -2.10. The van der Waals surface area contributed by atoms with Crippen LogP contribution in [-0.4, -0.2) is 5.26 Å². The van der Waals surface area contributed by atoms with E-state index in [0.29, 0.717) is 0 Å². The molecule has 0 saturated heterocycles. The van der Waals surface area contributed by atoms with E-state index in [4.69, 9.17) is 5.26 Å². The van der Waals surface area contributed by atoms with Gasteiger partial charge in [0.25, 0.3) is 0 Å². The predicted octanol–water partition coefficient (Wildman–Crippen LogP) is 3.41. The third kappa shape index (κ3) is 3.31. The van der Waals surface area contributed by atoms with Crippen LogP contribution in [0.25, 0.3) is 0 Å². The van der Waals surface area contributed by atoms with Gasteiger partial charge >= 0.3 is 0 Å². The molecule has 14 heavy (non-hydrogen) atoms. The average Bonchev–Trinajstić information content (AvgIpc) is 2.14. The molecule has 0 radical (unpaired) electrons. The monoisotopic (exact) mass is 214 g/mol. The van der Waals surface area contributed by atoms with Crippen molar-refractivity contribution in [3.63, 3.8) is 0 Å². The van der Waals surface area contributed by atoms with Gasteiger partial charge in [-0.2, -0.15) is 0 Å². The SMILES string of the molecule is CC(C)(C)c1ccc(SOOO)cc1. The van der Waals surface area contributed by atoms with Crippen LogP contribution < -0.4 is 0 Å². The zero-order valence-electron chi connectivity index (χ0n) is 8.48. The Labute approximate surface area is 88.1 Å². The summed E-state index contributed by atoms with van der Waals surface area (Å²) in [7, 11) is 0. The Kier molecular flexibility index (Phi) is 3.95. The van der Waals surface area contributed by atoms with Crippen molar-refractivity contribution in [3.8, 4) is 0 Å². The van der Waals surface area contributed by atoms with Crippen LogP contribution in [0.4, 0.5) is 0 Å². The number of hydrogen-bond acceptors (Lipinski definition) is 4. The minimum Gasteiger partial charge on any atom is -0.220 e. The minimum atomic E-state index is 0.150. The van der Waals surface area contributed by atoms with Gasteiger partial charge in [-0.1, -0.05) is 37.9 Å². The van der Waals surface area contributed by atoms with Gasteiger partial charge in [0.15, 0.2) is 0 Å². The van der Waals surface area contributed by atoms with Crippen molar-refractivity contribution in [1.29, 1.82) is 0 Å². The number of rotatable bonds is 3. The quantitative estimate of drug-likeness (QED) is 0.475. The average molecular weight is 214 g/mol. The predicted molar refractivity (Wildman–Crippen MR) is 55.8 cm³/mol. The molecule has 0 aliphatic heterocycles. The van der Waals surface area contributed by atoms with Crippen LogP contribution in [0.2, 0.25) is 0 Å². The molecule has 0 atom stereocenters. The van der Waals surface area contributed by atoms with Crippen molar-refractivity contribution < 1.29 is 14.6 Å². The summed E-state index contributed by atoms with van der Waals surface area (Å²) < 4.78 is 4.32. The first-order valence-electron chi connectivity index (χ1n) is 4.29. The summed E-state index contributed by atoms with van der Waals surface area (Å²) in [5.74, 6) is 0. The van der Waals surface area contributed by atoms with Gasteiger partial charge in [0.1, 0.15) is 0 Å². The van der Waals surface area contributed by atoms with Crippen molar-refractivity contribution in [2.24, 2.45) is 0 Å². The molecule has 1 rings (SSSR count). The summed E-state index contributed by atoms with van der Waals surface area (Å²) in [5.41, 5.74) is 1.41. The Morgan fingerprint density at radius 1 is 1.14 bits per heavy atom. The van der Waals surface area contributed by atoms with Gasteiger partial charge in [0, 0.05) is 4.90 Å². The van der Waals surface area contributed by atoms with Crippen molar-refractivity contribution in [3.05, 3.63) is 29.8 Å². The fraction of sp³-hybridized carbons (Fsp3) is 0.400. The molecule has 1 aromatic rings. The molecular formula is C10H14O3S. The highest BCUT2D eigenvalue weighted by Gasteiger charge is 2.12. The maximum Gasteiger partial charge on any atom is 0.0714 e. The first kappa shape index (κ1) is 11.5. The lowest BCUT2D eigenvalue weighted by molar-refractivity contribution is -0.432. The van der Waals surface area contributed by atoms with Gasteiger partial charge in [-0.15, -0.1) is 4.33 Å². The van der Waals surface area contributed by atoms with Gasteiger partial charge in [0.05, 0.1) is 12.0 Å². The van der Waals surface area contributed by atoms with E-state index in [-0.39, 0.29) is 5.41 Å². The van der Waals surface area contributed by atoms with Crippen LogP contribution in [0, 0.1) is 0 Å². The molecule has 0 unspecified atom stereocenters. The van der Waals surface area contributed by atoms with Crippen LogP contribution in [0.1, 0.15) is 26.3 Å². The van der Waals surface area contributed by atoms with E-state index in [0.717, 1.165) is 16.9 Å². The summed E-state index contributed by atoms with van der Waals surface area (Å²) in [6.07, 6.45) is 0. The minimum absolute atomic E-state index is 0.150. The Morgan fingerprint density at radius 2 is 1.71 bits per heavy atom. The Morgan fingerprint density at radius 3 is 2.14 bits per heavy atom. The zero-order chi connectivity index (χ0) is 10.6. The van der Waals surface area contributed by atoms with Gasteiger partial charge in [-0.05, 0) is 23.1 Å². The molecule has 0 spiro atoms. The van der Waals surface area contributed by atoms with Gasteiger partial charge in [0.2, 0.25) is 0 Å². The van der Waals surface area contributed by atoms with Crippen LogP contribution >= 0.6 is 12.0 Å². The molecule has 0 fully saturated rings. The Balaban J connectivity index is 2.69. The van der Waals surface area contributed by atoms with Crippen LogP contribution in [0.5, 0.6) is 0 Å². The smallest absolute Gasteiger partial charge is 0.0714 e. The molecule has 0 aliphatic carbocycles. The highest BCUT2D eigenvalue weighted by atomic mass is 32.2. The second-order valence-corrected chi connectivity index (χ2v) is 4.77. The summed E-state index contributed by atoms with van der Waals surface area (Å²) in [6, 6.07) is 7.90. The second-order valence-electron chi connectivity index (χ2n) is 4.00. The molecular weight excluding hydrogens is 200 g/mol. The Bertz CT molecular complexity index is 276. The number of hydrogen-bond donors (Lipinski definition) is 1. The van der Waals surface area contributed by atoms with Gasteiger partial charge < -0.3 is 0 Å². The summed E-state index contributed by atoms with van der Waals surface area (Å²) in [4.78, 5) is 0.882. The summed E-state index contributed by atoms with van der Waals surface area (Å²) in [6.45, 7) is 6.47. The van der Waals surface area contributed by atoms with Crippen LogP contribution in [0.15, 0.2) is 29.2 Å². The largest absolute Gasteiger partial charge is 0.220 e. The van der Waals surface area contributed by atoms with E-state index in [2.05, 4.69) is 30.1 Å². The third-order valence-corrected chi connectivity index (χ3v) is 2.47. The van der Waals surface area contributed by atoms with E-state index in [1.54, 1.807) is 0 Å². The molecule has 3 nitrogen and oxygen atoms in total. The van der Waals surface area contributed by atoms with Gasteiger partial charge in [-0.25, -0.2) is 5.26 Å². The van der Waals surface area contributed by atoms with Crippen molar-refractivity contribution in [2.75, 3.05) is 0 Å². The van der Waals surface area contributed by atoms with Crippen molar-refractivity contribution >= 4 is 12.0 Å². The van der Waals surface area contributed by atoms with E-state index in [9.17, 15) is 0 Å². The maximum atomic E-state index is 7.97. The molecule has 0 saturated carbocycles. The molecule has 0 aliphatic rings. The lowest BCUT2D eigenvalue weighted by Gasteiger charge is -2.18. The second kappa shape index (κ2) is 4.79. The molecule has 4 heteroatoms. The molecule has 78 valence electrons. The first-order valence-corrected chi connectivity index (χ1v) is 5.03. The van der Waals surface area contributed by atoms with Crippen LogP contribution in [0.3, 0.4) is 0 Å². The van der Waals surface area contributed by atoms with E-state index < -0.39 is 0 Å². The summed E-state index contributed by atoms with van der Waals surface area (Å²) in [5, 5.41) is 11.5. The van der Waals surface area contributed by atoms with Crippen molar-refractivity contribution in [2.45, 2.75) is 31.1 Å². The van der Waals surface area contributed by atoms with Crippen molar-refractivity contribution in [1.82, 2.24) is 0 Å². The normalized spacial score (nSPS) is 11.7. The highest BCUT2D eigenvalue weighted by molar-refractivity contribution is 7.94.